The molecule has 0 aliphatic heterocycles. The zero-order valence-corrected chi connectivity index (χ0v) is 13.9. The van der Waals surface area contributed by atoms with Crippen LogP contribution in [0.5, 0.6) is 5.75 Å². The molecule has 0 aliphatic carbocycles. The van der Waals surface area contributed by atoms with Gasteiger partial charge in [0.25, 0.3) is 0 Å². The van der Waals surface area contributed by atoms with Crippen molar-refractivity contribution >= 4 is 5.91 Å². The third-order valence-corrected chi connectivity index (χ3v) is 3.60. The SMILES string of the molecule is COc1ccc(-c2noc([C@H](C)NC(=O)CCn3cnnc3)n2)cc1. The second-order valence-electron chi connectivity index (χ2n) is 5.42. The molecule has 0 spiro atoms. The Morgan fingerprint density at radius 2 is 2.00 bits per heavy atom. The standard InChI is InChI=1S/C16H18N6O3/c1-11(19-14(23)7-8-22-9-17-18-10-22)16-20-15(21-25-16)12-3-5-13(24-2)6-4-12/h3-6,9-11H,7-8H2,1-2H3,(H,19,23)/t11-/m0/s1. The first-order chi connectivity index (χ1) is 12.2. The number of carbonyl (C=O) groups excluding carboxylic acids is 1. The Morgan fingerprint density at radius 1 is 1.28 bits per heavy atom. The van der Waals surface area contributed by atoms with Gasteiger partial charge in [-0.25, -0.2) is 0 Å². The topological polar surface area (TPSA) is 108 Å². The minimum atomic E-state index is -0.382. The van der Waals surface area contributed by atoms with Crippen LogP contribution in [0.1, 0.15) is 25.3 Å². The molecule has 0 saturated carbocycles. The van der Waals surface area contributed by atoms with Crippen LogP contribution in [-0.2, 0) is 11.3 Å². The van der Waals surface area contributed by atoms with Crippen LogP contribution in [0.15, 0.2) is 41.4 Å². The zero-order chi connectivity index (χ0) is 17.6. The van der Waals surface area contributed by atoms with Crippen molar-refractivity contribution in [3.8, 4) is 17.1 Å². The highest BCUT2D eigenvalue weighted by molar-refractivity contribution is 5.76. The van der Waals surface area contributed by atoms with Gasteiger partial charge in [0.15, 0.2) is 0 Å². The van der Waals surface area contributed by atoms with Crippen LogP contribution in [0.4, 0.5) is 0 Å². The van der Waals surface area contributed by atoms with Gasteiger partial charge in [0, 0.05) is 18.5 Å². The monoisotopic (exact) mass is 342 g/mol. The lowest BCUT2D eigenvalue weighted by Gasteiger charge is -2.09. The molecule has 130 valence electrons. The zero-order valence-electron chi connectivity index (χ0n) is 13.9. The summed E-state index contributed by atoms with van der Waals surface area (Å²) in [7, 11) is 1.61. The second kappa shape index (κ2) is 7.56. The number of carbonyl (C=O) groups is 1. The Bertz CT molecular complexity index is 813. The highest BCUT2D eigenvalue weighted by atomic mass is 16.5. The highest BCUT2D eigenvalue weighted by Gasteiger charge is 2.17. The maximum atomic E-state index is 12.0. The fourth-order valence-electron chi connectivity index (χ4n) is 2.21. The lowest BCUT2D eigenvalue weighted by Crippen LogP contribution is -2.27. The molecular formula is C16H18N6O3. The van der Waals surface area contributed by atoms with Crippen molar-refractivity contribution < 1.29 is 14.1 Å². The van der Waals surface area contributed by atoms with E-state index in [9.17, 15) is 4.79 Å². The summed E-state index contributed by atoms with van der Waals surface area (Å²) >= 11 is 0. The average Bonchev–Trinajstić information content (AvgIpc) is 3.32. The van der Waals surface area contributed by atoms with Crippen LogP contribution in [0.2, 0.25) is 0 Å². The van der Waals surface area contributed by atoms with E-state index < -0.39 is 0 Å². The third kappa shape index (κ3) is 4.19. The Balaban J connectivity index is 1.57. The molecule has 0 unspecified atom stereocenters. The van der Waals surface area contributed by atoms with E-state index >= 15 is 0 Å². The first-order valence-corrected chi connectivity index (χ1v) is 7.75. The van der Waals surface area contributed by atoms with Crippen molar-refractivity contribution in [1.82, 2.24) is 30.2 Å². The van der Waals surface area contributed by atoms with Crippen molar-refractivity contribution in [1.29, 1.82) is 0 Å². The van der Waals surface area contributed by atoms with Crippen molar-refractivity contribution in [2.75, 3.05) is 7.11 Å². The minimum Gasteiger partial charge on any atom is -0.497 e. The summed E-state index contributed by atoms with van der Waals surface area (Å²) in [4.78, 5) is 16.3. The number of hydrogen-bond donors (Lipinski definition) is 1. The number of amides is 1. The molecule has 1 N–H and O–H groups in total. The molecule has 2 aromatic heterocycles. The normalized spacial score (nSPS) is 11.9. The van der Waals surface area contributed by atoms with E-state index in [0.29, 0.717) is 24.7 Å². The molecule has 1 aromatic carbocycles. The molecule has 3 aromatic rings. The Hall–Kier alpha value is -3.23. The van der Waals surface area contributed by atoms with Gasteiger partial charge in [0.05, 0.1) is 7.11 Å². The van der Waals surface area contributed by atoms with Crippen molar-refractivity contribution in [2.24, 2.45) is 0 Å². The Kier molecular flexibility index (Phi) is 5.03. The molecule has 1 amide bonds. The molecule has 9 heteroatoms. The van der Waals surface area contributed by atoms with E-state index in [1.807, 2.05) is 24.3 Å². The number of aryl methyl sites for hydroxylation is 1. The number of methoxy groups -OCH3 is 1. The fraction of sp³-hybridized carbons (Fsp3) is 0.312. The quantitative estimate of drug-likeness (QED) is 0.695. The van der Waals surface area contributed by atoms with Crippen LogP contribution in [-0.4, -0.2) is 37.9 Å². The van der Waals surface area contributed by atoms with Gasteiger partial charge < -0.3 is 19.1 Å². The van der Waals surface area contributed by atoms with Crippen LogP contribution >= 0.6 is 0 Å². The van der Waals surface area contributed by atoms with E-state index in [2.05, 4.69) is 25.7 Å². The first-order valence-electron chi connectivity index (χ1n) is 7.75. The predicted octanol–water partition coefficient (Wildman–Crippen LogP) is 1.60. The molecule has 0 aliphatic rings. The van der Waals surface area contributed by atoms with E-state index in [1.165, 1.54) is 0 Å². The van der Waals surface area contributed by atoms with Gasteiger partial charge in [-0.15, -0.1) is 10.2 Å². The maximum Gasteiger partial charge on any atom is 0.249 e. The smallest absolute Gasteiger partial charge is 0.249 e. The Labute approximate surface area is 144 Å². The highest BCUT2D eigenvalue weighted by Crippen LogP contribution is 2.21. The van der Waals surface area contributed by atoms with Crippen LogP contribution in [0, 0.1) is 0 Å². The number of nitrogens with one attached hydrogen (secondary N) is 1. The van der Waals surface area contributed by atoms with Gasteiger partial charge in [-0.05, 0) is 31.2 Å². The number of nitrogens with zero attached hydrogens (tertiary/aromatic N) is 5. The van der Waals surface area contributed by atoms with E-state index in [0.717, 1.165) is 11.3 Å². The van der Waals surface area contributed by atoms with Crippen LogP contribution in [0.3, 0.4) is 0 Å². The molecule has 0 bridgehead atoms. The molecule has 2 heterocycles. The molecule has 0 fully saturated rings. The summed E-state index contributed by atoms with van der Waals surface area (Å²) in [6.45, 7) is 2.30. The molecular weight excluding hydrogens is 324 g/mol. The lowest BCUT2D eigenvalue weighted by atomic mass is 10.2. The maximum absolute atomic E-state index is 12.0. The molecule has 25 heavy (non-hydrogen) atoms. The van der Waals surface area contributed by atoms with Gasteiger partial charge in [-0.3, -0.25) is 4.79 Å². The average molecular weight is 342 g/mol. The number of rotatable bonds is 7. The van der Waals surface area contributed by atoms with E-state index in [1.54, 1.807) is 31.3 Å². The van der Waals surface area contributed by atoms with E-state index in [-0.39, 0.29) is 11.9 Å². The summed E-state index contributed by atoms with van der Waals surface area (Å²) in [6.07, 6.45) is 3.44. The summed E-state index contributed by atoms with van der Waals surface area (Å²) in [5.41, 5.74) is 0.807. The van der Waals surface area contributed by atoms with Gasteiger partial charge in [0.1, 0.15) is 24.4 Å². The summed E-state index contributed by atoms with van der Waals surface area (Å²) in [5, 5.41) is 14.2. The second-order valence-corrected chi connectivity index (χ2v) is 5.42. The molecule has 0 radical (unpaired) electrons. The summed E-state index contributed by atoms with van der Waals surface area (Å²) in [5.74, 6) is 1.44. The van der Waals surface area contributed by atoms with E-state index in [4.69, 9.17) is 9.26 Å². The molecule has 9 nitrogen and oxygen atoms in total. The minimum absolute atomic E-state index is 0.120. The third-order valence-electron chi connectivity index (χ3n) is 3.60. The van der Waals surface area contributed by atoms with Gasteiger partial charge >= 0.3 is 0 Å². The lowest BCUT2D eigenvalue weighted by molar-refractivity contribution is -0.122. The van der Waals surface area contributed by atoms with Crippen LogP contribution < -0.4 is 10.1 Å². The number of ether oxygens (including phenoxy) is 1. The molecule has 0 saturated heterocycles. The van der Waals surface area contributed by atoms with Crippen LogP contribution in [0.25, 0.3) is 11.4 Å². The number of benzene rings is 1. The van der Waals surface area contributed by atoms with Crippen molar-refractivity contribution in [3.63, 3.8) is 0 Å². The number of hydrogen-bond acceptors (Lipinski definition) is 7. The van der Waals surface area contributed by atoms with Crippen molar-refractivity contribution in [3.05, 3.63) is 42.8 Å². The van der Waals surface area contributed by atoms with Gasteiger partial charge in [0.2, 0.25) is 17.6 Å². The van der Waals surface area contributed by atoms with Crippen molar-refractivity contribution in [2.45, 2.75) is 25.9 Å². The molecule has 1 atom stereocenters. The summed E-state index contributed by atoms with van der Waals surface area (Å²) in [6, 6.07) is 6.95. The summed E-state index contributed by atoms with van der Waals surface area (Å²) < 4.78 is 12.1. The van der Waals surface area contributed by atoms with Gasteiger partial charge in [-0.1, -0.05) is 5.16 Å². The predicted molar refractivity (Wildman–Crippen MR) is 87.5 cm³/mol. The largest absolute Gasteiger partial charge is 0.497 e. The van der Waals surface area contributed by atoms with Gasteiger partial charge in [-0.2, -0.15) is 4.98 Å². The fourth-order valence-corrected chi connectivity index (χ4v) is 2.21. The Morgan fingerprint density at radius 3 is 2.68 bits per heavy atom. The first kappa shape index (κ1) is 16.6. The molecule has 3 rings (SSSR count). The number of aromatic nitrogens is 5.